The zero-order valence-corrected chi connectivity index (χ0v) is 49.8. The van der Waals surface area contributed by atoms with Crippen LogP contribution in [0.4, 0.5) is 0 Å². The van der Waals surface area contributed by atoms with Crippen molar-refractivity contribution in [2.75, 3.05) is 0 Å². The summed E-state index contributed by atoms with van der Waals surface area (Å²) >= 11 is 12.4. The first-order valence-corrected chi connectivity index (χ1v) is 31.5. The first-order chi connectivity index (χ1) is 41.5. The molecule has 0 aliphatic heterocycles. The third-order valence-electron chi connectivity index (χ3n) is 17.0. The molecular formula is C78H46Br2N2S2. The highest BCUT2D eigenvalue weighted by Gasteiger charge is 2.25. The van der Waals surface area contributed by atoms with Crippen molar-refractivity contribution in [1.82, 2.24) is 9.13 Å². The molecule has 2 nitrogen and oxygen atoms in total. The number of hydrogen-bond donors (Lipinski definition) is 0. The number of benzene rings is 13. The Balaban J connectivity index is 0.902. The summed E-state index contributed by atoms with van der Waals surface area (Å²) in [6.45, 7) is 0. The fourth-order valence-electron chi connectivity index (χ4n) is 13.1. The number of rotatable bonds is 8. The lowest BCUT2D eigenvalue weighted by molar-refractivity contribution is 1.12. The second-order valence-electron chi connectivity index (χ2n) is 21.8. The summed E-state index contributed by atoms with van der Waals surface area (Å²) in [5.41, 5.74) is 20.8. The Morgan fingerprint density at radius 3 is 0.893 bits per heavy atom. The van der Waals surface area contributed by atoms with Crippen LogP contribution in [0.15, 0.2) is 288 Å². The van der Waals surface area contributed by atoms with E-state index < -0.39 is 0 Å². The molecule has 6 heteroatoms. The van der Waals surface area contributed by atoms with Gasteiger partial charge < -0.3 is 9.13 Å². The zero-order valence-electron chi connectivity index (χ0n) is 45.0. The second kappa shape index (κ2) is 19.8. The molecule has 0 aliphatic rings. The van der Waals surface area contributed by atoms with Crippen molar-refractivity contribution in [3.63, 3.8) is 0 Å². The summed E-state index contributed by atoms with van der Waals surface area (Å²) in [6, 6.07) is 103. The van der Waals surface area contributed by atoms with Gasteiger partial charge in [0.15, 0.2) is 0 Å². The third-order valence-corrected chi connectivity index (χ3v) is 20.7. The van der Waals surface area contributed by atoms with Gasteiger partial charge in [0, 0.05) is 70.8 Å². The lowest BCUT2D eigenvalue weighted by Gasteiger charge is -2.17. The number of halogens is 2. The molecule has 0 spiro atoms. The molecular weight excluding hydrogens is 1190 g/mol. The largest absolute Gasteiger partial charge is 0.308 e. The van der Waals surface area contributed by atoms with Gasteiger partial charge in [-0.05, 0) is 184 Å². The van der Waals surface area contributed by atoms with Crippen molar-refractivity contribution in [3.05, 3.63) is 288 Å². The maximum atomic E-state index is 4.32. The van der Waals surface area contributed by atoms with Gasteiger partial charge in [0.1, 0.15) is 0 Å². The predicted octanol–water partition coefficient (Wildman–Crippen LogP) is 24.1. The molecule has 394 valence electrons. The number of fused-ring (bicyclic) bond motifs is 14. The normalized spacial score (nSPS) is 11.9. The van der Waals surface area contributed by atoms with E-state index in [0.29, 0.717) is 0 Å². The summed E-state index contributed by atoms with van der Waals surface area (Å²) < 4.78 is 12.1. The average Bonchev–Trinajstić information content (AvgIpc) is 2.64. The van der Waals surface area contributed by atoms with E-state index in [-0.39, 0.29) is 0 Å². The minimum Gasteiger partial charge on any atom is -0.308 e. The molecule has 0 radical (unpaired) electrons. The van der Waals surface area contributed by atoms with Crippen molar-refractivity contribution < 1.29 is 0 Å². The predicted molar refractivity (Wildman–Crippen MR) is 369 cm³/mol. The van der Waals surface area contributed by atoms with E-state index in [1.165, 1.54) is 106 Å². The minimum atomic E-state index is 0.982. The molecule has 0 amide bonds. The average molecular weight is 1240 g/mol. The molecule has 0 saturated carbocycles. The van der Waals surface area contributed by atoms with Crippen LogP contribution in [0.3, 0.4) is 0 Å². The zero-order chi connectivity index (χ0) is 55.6. The van der Waals surface area contributed by atoms with Crippen molar-refractivity contribution in [3.8, 4) is 78.1 Å². The molecule has 0 saturated heterocycles. The molecule has 0 aliphatic carbocycles. The van der Waals surface area contributed by atoms with Crippen LogP contribution >= 0.6 is 54.5 Å². The topological polar surface area (TPSA) is 9.86 Å². The van der Waals surface area contributed by atoms with E-state index in [0.717, 1.165) is 64.6 Å². The van der Waals surface area contributed by atoms with E-state index in [1.54, 1.807) is 0 Å². The van der Waals surface area contributed by atoms with Crippen molar-refractivity contribution >= 4 is 138 Å². The molecule has 4 heterocycles. The fraction of sp³-hybridized carbons (Fsp3) is 0. The van der Waals surface area contributed by atoms with Crippen LogP contribution in [-0.2, 0) is 0 Å². The summed E-state index contributed by atoms with van der Waals surface area (Å²) in [4.78, 5) is 0. The van der Waals surface area contributed by atoms with Gasteiger partial charge in [0.25, 0.3) is 0 Å². The second-order valence-corrected chi connectivity index (χ2v) is 25.6. The monoisotopic (exact) mass is 1230 g/mol. The summed E-state index contributed by atoms with van der Waals surface area (Å²) in [6.07, 6.45) is 0. The molecule has 0 fully saturated rings. The molecule has 84 heavy (non-hydrogen) atoms. The lowest BCUT2D eigenvalue weighted by atomic mass is 9.93. The Bertz CT molecular complexity index is 5040. The van der Waals surface area contributed by atoms with Crippen LogP contribution in [-0.4, -0.2) is 9.13 Å². The quantitative estimate of drug-likeness (QED) is 0.143. The van der Waals surface area contributed by atoms with Crippen molar-refractivity contribution in [2.24, 2.45) is 0 Å². The molecule has 0 N–H and O–H groups in total. The van der Waals surface area contributed by atoms with Crippen molar-refractivity contribution in [2.45, 2.75) is 0 Å². The summed E-state index contributed by atoms with van der Waals surface area (Å²) in [5.74, 6) is 0. The van der Waals surface area contributed by atoms with E-state index in [4.69, 9.17) is 0 Å². The Morgan fingerprint density at radius 2 is 0.536 bits per heavy atom. The minimum absolute atomic E-state index is 0.982. The molecule has 0 unspecified atom stereocenters. The van der Waals surface area contributed by atoms with E-state index in [9.17, 15) is 0 Å². The van der Waals surface area contributed by atoms with E-state index in [2.05, 4.69) is 320 Å². The Kier molecular flexibility index (Phi) is 11.6. The Labute approximate surface area is 509 Å². The summed E-state index contributed by atoms with van der Waals surface area (Å²) in [5, 5.41) is 10.1. The first kappa shape index (κ1) is 49.5. The maximum absolute atomic E-state index is 4.32. The van der Waals surface area contributed by atoms with Gasteiger partial charge in [-0.3, -0.25) is 0 Å². The first-order valence-electron chi connectivity index (χ1n) is 28.2. The molecule has 13 aromatic carbocycles. The Morgan fingerprint density at radius 1 is 0.226 bits per heavy atom. The number of hydrogen-bond acceptors (Lipinski definition) is 2. The van der Waals surface area contributed by atoms with Crippen LogP contribution in [0.2, 0.25) is 0 Å². The van der Waals surface area contributed by atoms with Crippen LogP contribution in [0.25, 0.3) is 162 Å². The van der Waals surface area contributed by atoms with Crippen molar-refractivity contribution in [1.29, 1.82) is 0 Å². The highest BCUT2D eigenvalue weighted by molar-refractivity contribution is 9.11. The molecule has 17 rings (SSSR count). The number of nitrogens with zero attached hydrogens (tertiary/aromatic N) is 2. The van der Waals surface area contributed by atoms with Crippen LogP contribution in [0.5, 0.6) is 0 Å². The van der Waals surface area contributed by atoms with Gasteiger partial charge in [-0.25, -0.2) is 0 Å². The molecule has 0 atom stereocenters. The summed E-state index contributed by atoms with van der Waals surface area (Å²) in [7, 11) is 0. The van der Waals surface area contributed by atoms with Gasteiger partial charge in [0.05, 0.1) is 33.4 Å². The van der Waals surface area contributed by atoms with E-state index in [1.807, 2.05) is 22.7 Å². The third kappa shape index (κ3) is 8.00. The number of aromatic nitrogens is 2. The molecule has 17 aromatic rings. The number of thiophene rings is 2. The Hall–Kier alpha value is -9.14. The SMILES string of the molecule is Brc1cc(-n2c3cc(-c4cc(-c5ccccc5)cc(-c5ccccc5)c4)ccc3c3c4sc5ccccc5c4ccc32)c(Br)cc1-n1c2cc(-c3cc(-c4ccccc4)cc(-c4ccccc4)c3)ccc2c2c3sc4ccccc4c3ccc21. The van der Waals surface area contributed by atoms with Crippen LogP contribution in [0, 0.1) is 0 Å². The molecule has 0 bridgehead atoms. The maximum Gasteiger partial charge on any atom is 0.0617 e. The smallest absolute Gasteiger partial charge is 0.0617 e. The highest BCUT2D eigenvalue weighted by Crippen LogP contribution is 2.49. The van der Waals surface area contributed by atoms with Gasteiger partial charge in [0.2, 0.25) is 0 Å². The highest BCUT2D eigenvalue weighted by atomic mass is 79.9. The standard InChI is InChI=1S/C78H46Br2N2S2/c79-65-46-72(82-68-36-34-62-60-26-14-16-28-74(60)84-78(62)76(68)64-32-30-52(44-70(64)82)58-41-55(49-21-9-3-10-22-49)38-56(42-58)50-23-11-4-12-24-50)66(80)45-71(65)81-67-35-33-61-59-25-13-15-27-73(59)83-77(61)75(67)63-31-29-51(43-69(63)81)57-39-53(47-17-5-1-6-18-47)37-54(40-57)48-19-7-2-8-20-48/h1-46H. The van der Waals surface area contributed by atoms with Crippen LogP contribution < -0.4 is 0 Å². The van der Waals surface area contributed by atoms with Gasteiger partial charge in [-0.15, -0.1) is 22.7 Å². The van der Waals surface area contributed by atoms with Crippen LogP contribution in [0.1, 0.15) is 0 Å². The van der Waals surface area contributed by atoms with E-state index >= 15 is 0 Å². The fourth-order valence-corrected chi connectivity index (χ4v) is 16.6. The molecule has 4 aromatic heterocycles. The van der Waals surface area contributed by atoms with Gasteiger partial charge in [-0.1, -0.05) is 194 Å². The lowest BCUT2D eigenvalue weighted by Crippen LogP contribution is -2.01. The van der Waals surface area contributed by atoms with Gasteiger partial charge in [-0.2, -0.15) is 0 Å². The van der Waals surface area contributed by atoms with Gasteiger partial charge >= 0.3 is 0 Å².